The van der Waals surface area contributed by atoms with E-state index < -0.39 is 11.9 Å². The van der Waals surface area contributed by atoms with Gasteiger partial charge in [-0.3, -0.25) is 4.79 Å². The number of hydrogen-bond acceptors (Lipinski definition) is 4. The van der Waals surface area contributed by atoms with E-state index in [1.54, 1.807) is 18.2 Å². The Morgan fingerprint density at radius 2 is 1.84 bits per heavy atom. The van der Waals surface area contributed by atoms with Crippen LogP contribution in [0.5, 0.6) is 0 Å². The number of dihydropyridines is 1. The zero-order valence-electron chi connectivity index (χ0n) is 18.3. The van der Waals surface area contributed by atoms with Gasteiger partial charge in [0, 0.05) is 39.4 Å². The molecule has 2 aromatic carbocycles. The summed E-state index contributed by atoms with van der Waals surface area (Å²) in [4.78, 5) is 26.6. The van der Waals surface area contributed by atoms with Crippen LogP contribution in [0.15, 0.2) is 71.1 Å². The summed E-state index contributed by atoms with van der Waals surface area (Å²) in [6.45, 7) is 6.13. The van der Waals surface area contributed by atoms with Crippen LogP contribution < -0.4 is 5.32 Å². The number of benzene rings is 2. The number of carbonyl (C=O) groups excluding carboxylic acids is 2. The molecular weight excluding hydrogens is 445 g/mol. The van der Waals surface area contributed by atoms with Crippen LogP contribution in [0.4, 0.5) is 0 Å². The summed E-state index contributed by atoms with van der Waals surface area (Å²) in [5.41, 5.74) is 3.90. The highest BCUT2D eigenvalue weighted by atomic mass is 35.5. The molecule has 1 aliphatic carbocycles. The van der Waals surface area contributed by atoms with Gasteiger partial charge in [-0.2, -0.15) is 0 Å². The van der Waals surface area contributed by atoms with Gasteiger partial charge in [0.05, 0.1) is 5.57 Å². The lowest BCUT2D eigenvalue weighted by atomic mass is 9.68. The molecule has 0 saturated heterocycles. The van der Waals surface area contributed by atoms with Crippen LogP contribution in [0.2, 0.25) is 10.0 Å². The molecule has 4 rings (SSSR count). The van der Waals surface area contributed by atoms with Gasteiger partial charge < -0.3 is 10.1 Å². The van der Waals surface area contributed by atoms with Gasteiger partial charge in [-0.1, -0.05) is 73.4 Å². The van der Waals surface area contributed by atoms with Crippen molar-refractivity contribution in [1.29, 1.82) is 0 Å². The van der Waals surface area contributed by atoms with Crippen molar-refractivity contribution >= 4 is 35.0 Å². The van der Waals surface area contributed by atoms with Crippen molar-refractivity contribution in [2.75, 3.05) is 0 Å². The van der Waals surface area contributed by atoms with Gasteiger partial charge in [-0.05, 0) is 42.0 Å². The molecule has 32 heavy (non-hydrogen) atoms. The van der Waals surface area contributed by atoms with Gasteiger partial charge in [0.1, 0.15) is 6.61 Å². The lowest BCUT2D eigenvalue weighted by molar-refractivity contribution is -0.140. The van der Waals surface area contributed by atoms with Crippen LogP contribution in [0, 0.1) is 5.41 Å². The molecule has 1 heterocycles. The predicted molar refractivity (Wildman–Crippen MR) is 126 cm³/mol. The minimum atomic E-state index is -0.608. The van der Waals surface area contributed by atoms with Gasteiger partial charge in [0.2, 0.25) is 0 Å². The molecule has 0 unspecified atom stereocenters. The fraction of sp³-hybridized carbons (Fsp3) is 0.308. The Kier molecular flexibility index (Phi) is 6.19. The largest absolute Gasteiger partial charge is 0.457 e. The molecule has 1 atom stereocenters. The topological polar surface area (TPSA) is 55.4 Å². The number of ether oxygens (including phenoxy) is 1. The van der Waals surface area contributed by atoms with Crippen LogP contribution in [-0.2, 0) is 20.9 Å². The van der Waals surface area contributed by atoms with E-state index >= 15 is 0 Å². The first kappa shape index (κ1) is 22.6. The number of nitrogens with one attached hydrogen (secondary N) is 1. The second-order valence-corrected chi connectivity index (χ2v) is 10.0. The third kappa shape index (κ3) is 4.48. The average Bonchev–Trinajstić information content (AvgIpc) is 2.71. The number of ketones is 1. The highest BCUT2D eigenvalue weighted by Crippen LogP contribution is 2.48. The molecule has 1 N–H and O–H groups in total. The number of rotatable bonds is 4. The second-order valence-electron chi connectivity index (χ2n) is 9.16. The first-order valence-corrected chi connectivity index (χ1v) is 11.3. The fourth-order valence-corrected chi connectivity index (χ4v) is 5.07. The quantitative estimate of drug-likeness (QED) is 0.530. The molecule has 0 saturated carbocycles. The average molecular weight is 470 g/mol. The molecule has 0 aromatic heterocycles. The van der Waals surface area contributed by atoms with Gasteiger partial charge >= 0.3 is 5.97 Å². The summed E-state index contributed by atoms with van der Waals surface area (Å²) < 4.78 is 5.67. The Morgan fingerprint density at radius 3 is 2.53 bits per heavy atom. The Labute approximate surface area is 198 Å². The number of halogens is 2. The normalized spacial score (nSPS) is 20.0. The second kappa shape index (κ2) is 8.76. The number of carbonyl (C=O) groups is 2. The number of esters is 1. The third-order valence-electron chi connectivity index (χ3n) is 5.95. The van der Waals surface area contributed by atoms with Gasteiger partial charge in [0.15, 0.2) is 5.78 Å². The maximum atomic E-state index is 13.3. The third-order valence-corrected chi connectivity index (χ3v) is 6.51. The Balaban J connectivity index is 1.77. The van der Waals surface area contributed by atoms with Crippen molar-refractivity contribution in [3.05, 3.63) is 92.2 Å². The molecule has 0 bridgehead atoms. The number of allylic oxidation sites excluding steroid dienone is 3. The SMILES string of the molecule is CC1=C(C(=O)OCc2ccccc2)[C@H](c2ccc(Cl)cc2Cl)C2=C(CC(C)(C)CC2=O)N1. The van der Waals surface area contributed by atoms with Gasteiger partial charge in [-0.25, -0.2) is 4.79 Å². The zero-order chi connectivity index (χ0) is 23.0. The summed E-state index contributed by atoms with van der Waals surface area (Å²) in [5.74, 6) is -1.07. The molecule has 2 aliphatic rings. The van der Waals surface area contributed by atoms with E-state index in [4.69, 9.17) is 27.9 Å². The molecular formula is C26H25Cl2NO3. The first-order chi connectivity index (χ1) is 15.2. The van der Waals surface area contributed by atoms with Crippen molar-refractivity contribution in [3.8, 4) is 0 Å². The Morgan fingerprint density at radius 1 is 1.12 bits per heavy atom. The zero-order valence-corrected chi connectivity index (χ0v) is 19.8. The highest BCUT2D eigenvalue weighted by Gasteiger charge is 2.43. The minimum Gasteiger partial charge on any atom is -0.457 e. The van der Waals surface area contributed by atoms with E-state index in [9.17, 15) is 9.59 Å². The van der Waals surface area contributed by atoms with Crippen LogP contribution in [0.25, 0.3) is 0 Å². The monoisotopic (exact) mass is 469 g/mol. The van der Waals surface area contributed by atoms with E-state index in [0.29, 0.717) is 45.3 Å². The van der Waals surface area contributed by atoms with E-state index in [1.165, 1.54) is 0 Å². The molecule has 2 aromatic rings. The Bertz CT molecular complexity index is 1150. The van der Waals surface area contributed by atoms with Crippen LogP contribution >= 0.6 is 23.2 Å². The van der Waals surface area contributed by atoms with E-state index in [-0.39, 0.29) is 17.8 Å². The summed E-state index contributed by atoms with van der Waals surface area (Å²) in [7, 11) is 0. The summed E-state index contributed by atoms with van der Waals surface area (Å²) in [6.07, 6.45) is 1.11. The molecule has 0 fully saturated rings. The standard InChI is InChI=1S/C26H25Cl2NO3/c1-15-22(25(31)32-14-16-7-5-4-6-8-16)23(18-10-9-17(27)11-19(18)28)24-20(29-15)12-26(2,3)13-21(24)30/h4-11,23,29H,12-14H2,1-3H3/t23-/m0/s1. The number of Topliss-reactive ketones (excluding diaryl/α,β-unsaturated/α-hetero) is 1. The van der Waals surface area contributed by atoms with Crippen LogP contribution in [0.1, 0.15) is 50.7 Å². The van der Waals surface area contributed by atoms with E-state index in [0.717, 1.165) is 11.3 Å². The Hall–Kier alpha value is -2.56. The lowest BCUT2D eigenvalue weighted by Crippen LogP contribution is -2.38. The maximum Gasteiger partial charge on any atom is 0.337 e. The molecule has 0 spiro atoms. The number of hydrogen-bond donors (Lipinski definition) is 1. The molecule has 1 aliphatic heterocycles. The smallest absolute Gasteiger partial charge is 0.337 e. The molecule has 166 valence electrons. The molecule has 6 heteroatoms. The molecule has 0 amide bonds. The summed E-state index contributed by atoms with van der Waals surface area (Å²) >= 11 is 12.7. The van der Waals surface area contributed by atoms with Crippen molar-refractivity contribution in [1.82, 2.24) is 5.32 Å². The minimum absolute atomic E-state index is 0.0145. The molecule has 0 radical (unpaired) electrons. The highest BCUT2D eigenvalue weighted by molar-refractivity contribution is 6.35. The van der Waals surface area contributed by atoms with Crippen molar-refractivity contribution in [2.24, 2.45) is 5.41 Å². The fourth-order valence-electron chi connectivity index (χ4n) is 4.55. The first-order valence-electron chi connectivity index (χ1n) is 10.6. The lowest BCUT2D eigenvalue weighted by Gasteiger charge is -2.39. The van der Waals surface area contributed by atoms with Crippen molar-refractivity contribution in [2.45, 2.75) is 46.1 Å². The van der Waals surface area contributed by atoms with Crippen molar-refractivity contribution < 1.29 is 14.3 Å². The summed E-state index contributed by atoms with van der Waals surface area (Å²) in [6, 6.07) is 14.6. The van der Waals surface area contributed by atoms with Gasteiger partial charge in [0.25, 0.3) is 0 Å². The van der Waals surface area contributed by atoms with Crippen molar-refractivity contribution in [3.63, 3.8) is 0 Å². The maximum absolute atomic E-state index is 13.3. The van der Waals surface area contributed by atoms with E-state index in [1.807, 2.05) is 37.3 Å². The predicted octanol–water partition coefficient (Wildman–Crippen LogP) is 6.34. The van der Waals surface area contributed by atoms with Gasteiger partial charge in [-0.15, -0.1) is 0 Å². The van der Waals surface area contributed by atoms with E-state index in [2.05, 4.69) is 19.2 Å². The van der Waals surface area contributed by atoms with Crippen LogP contribution in [-0.4, -0.2) is 11.8 Å². The van der Waals surface area contributed by atoms with Crippen LogP contribution in [0.3, 0.4) is 0 Å². The summed E-state index contributed by atoms with van der Waals surface area (Å²) in [5, 5.41) is 4.24. The molecule has 4 nitrogen and oxygen atoms in total.